The zero-order valence-electron chi connectivity index (χ0n) is 66.6. The first-order valence-electron chi connectivity index (χ1n) is 39.0. The molecule has 6 aliphatic rings. The van der Waals surface area contributed by atoms with Gasteiger partial charge < -0.3 is 51.8 Å². The topological polar surface area (TPSA) is 572 Å². The van der Waals surface area contributed by atoms with Gasteiger partial charge in [-0.3, -0.25) is 67.4 Å². The number of carbonyl (C=O) groups is 8. The molecule has 4 heterocycles. The van der Waals surface area contributed by atoms with Gasteiger partial charge in [-0.25, -0.2) is 9.48 Å². The smallest absolute Gasteiger partial charge is 0.437 e. The fraction of sp³-hybridized carbons (Fsp3) is 0.350. The molecule has 3 unspecified atom stereocenters. The van der Waals surface area contributed by atoms with E-state index < -0.39 is 153 Å². The lowest BCUT2D eigenvalue weighted by molar-refractivity contribution is -0.386. The van der Waals surface area contributed by atoms with Crippen LogP contribution in [0, 0.1) is 22.0 Å². The zero-order valence-corrected chi connectivity index (χ0v) is 69.1. The van der Waals surface area contributed by atoms with Gasteiger partial charge in [-0.05, 0) is 122 Å². The number of hydrogen-bond donors (Lipinski definition) is 11. The van der Waals surface area contributed by atoms with Gasteiger partial charge in [-0.15, -0.1) is 20.3 Å². The van der Waals surface area contributed by atoms with E-state index in [1.807, 2.05) is 26.0 Å². The molecule has 40 nitrogen and oxygen atoms in total. The molecule has 4 aromatic carbocycles. The number of amides is 7. The Morgan fingerprint density at radius 3 is 2.09 bits per heavy atom. The summed E-state index contributed by atoms with van der Waals surface area (Å²) in [7, 11) is -15.5. The summed E-state index contributed by atoms with van der Waals surface area (Å²) in [5.41, 5.74) is 13.0. The molecule has 43 heteroatoms. The van der Waals surface area contributed by atoms with E-state index in [9.17, 15) is 92.5 Å². The lowest BCUT2D eigenvalue weighted by Gasteiger charge is -2.40. The molecule has 0 radical (unpaired) electrons. The fourth-order valence-corrected chi connectivity index (χ4v) is 17.2. The van der Waals surface area contributed by atoms with E-state index in [4.69, 9.17) is 15.2 Å². The number of nitrogens with two attached hydrogens (primary N) is 1. The highest BCUT2D eigenvalue weighted by Gasteiger charge is 2.47. The van der Waals surface area contributed by atoms with E-state index in [0.717, 1.165) is 23.2 Å². The summed E-state index contributed by atoms with van der Waals surface area (Å²) in [6.45, 7) is 5.19. The SMILES string of the molecule is CC(C)C[C@@H](N)C(=O)N[C@@H](CCCCn1nnc2c1-c1ccccc1N(C(=O)CCNC(=O)COC1C=C(S(=O)(=O)O)C3=C4C1=CC=C1C(S(=O)(=O)O)=CC(S(=O)(=O)O)=C(C=C3)C14)Cc1ccccc1-2)C(=O)N[C@@H](CCCCn1cc(CCC2=NNC(c3ccccc3)=NN2C(=O)OC(C)c2ccccc2[N+](=O)[O-])nn1)C(=O)NCC(=O)N[C@@H](C)C(=O)O. The zero-order chi connectivity index (χ0) is 88.4. The molecule has 7 amide bonds. The molecule has 0 bridgehead atoms. The molecule has 12 N–H and O–H groups in total. The Morgan fingerprint density at radius 1 is 0.715 bits per heavy atom. The second-order valence-electron chi connectivity index (χ2n) is 29.9. The Labute approximate surface area is 704 Å². The molecule has 4 aliphatic carbocycles. The second kappa shape index (κ2) is 38.4. The third-order valence-corrected chi connectivity index (χ3v) is 23.5. The van der Waals surface area contributed by atoms with Crippen LogP contribution in [0.4, 0.5) is 16.2 Å². The summed E-state index contributed by atoms with van der Waals surface area (Å²) in [6.07, 6.45) is 5.87. The monoisotopic (exact) mass is 1750 g/mol. The lowest BCUT2D eigenvalue weighted by atomic mass is 9.68. The number of hydrogen-bond acceptors (Lipinski definition) is 26. The second-order valence-corrected chi connectivity index (χ2v) is 34.1. The lowest BCUT2D eigenvalue weighted by Crippen LogP contribution is -2.56. The van der Waals surface area contributed by atoms with Crippen LogP contribution in [0.15, 0.2) is 199 Å². The number of amidine groups is 2. The minimum absolute atomic E-state index is 0.0117. The van der Waals surface area contributed by atoms with Gasteiger partial charge in [0.1, 0.15) is 47.5 Å². The molecule has 6 aromatic rings. The van der Waals surface area contributed by atoms with Crippen molar-refractivity contribution in [1.82, 2.24) is 67.0 Å². The van der Waals surface area contributed by atoms with Crippen molar-refractivity contribution in [2.75, 3.05) is 24.6 Å². The van der Waals surface area contributed by atoms with E-state index in [-0.39, 0.29) is 134 Å². The fourth-order valence-electron chi connectivity index (χ4n) is 14.9. The highest BCUT2D eigenvalue weighted by Crippen LogP contribution is 2.54. The van der Waals surface area contributed by atoms with Crippen molar-refractivity contribution in [2.45, 2.75) is 148 Å². The summed E-state index contributed by atoms with van der Waals surface area (Å²) in [5, 5.41) is 62.1. The molecular formula is C80H88N18O22S3. The van der Waals surface area contributed by atoms with Crippen LogP contribution in [0.25, 0.3) is 22.5 Å². The van der Waals surface area contributed by atoms with E-state index in [1.165, 1.54) is 49.1 Å². The van der Waals surface area contributed by atoms with Gasteiger partial charge in [0.2, 0.25) is 35.4 Å². The van der Waals surface area contributed by atoms with Crippen molar-refractivity contribution in [2.24, 2.45) is 27.8 Å². The highest BCUT2D eigenvalue weighted by molar-refractivity contribution is 7.91. The normalized spacial score (nSPS) is 17.1. The van der Waals surface area contributed by atoms with E-state index in [2.05, 4.69) is 62.8 Å². The molecule has 123 heavy (non-hydrogen) atoms. The molecule has 2 aromatic heterocycles. The molecule has 648 valence electrons. The van der Waals surface area contributed by atoms with Crippen LogP contribution in [-0.4, -0.2) is 193 Å². The number of aromatic nitrogens is 6. The number of unbranched alkanes of at least 4 members (excludes halogenated alkanes) is 2. The van der Waals surface area contributed by atoms with E-state index >= 15 is 0 Å². The maximum atomic E-state index is 14.8. The number of allylic oxidation sites excluding steroid dienone is 8. The Kier molecular flexibility index (Phi) is 27.9. The number of nitro benzene ring substituents is 1. The van der Waals surface area contributed by atoms with Crippen LogP contribution in [0.3, 0.4) is 0 Å². The number of anilines is 1. The summed E-state index contributed by atoms with van der Waals surface area (Å²) in [4.78, 5) is 120. The third-order valence-electron chi connectivity index (χ3n) is 20.8. The maximum Gasteiger partial charge on any atom is 0.437 e. The van der Waals surface area contributed by atoms with Gasteiger partial charge in [0, 0.05) is 73.8 Å². The quantitative estimate of drug-likeness (QED) is 0.0100. The number of carbonyl (C=O) groups excluding carboxylic acids is 7. The minimum Gasteiger partial charge on any atom is -0.480 e. The van der Waals surface area contributed by atoms with Crippen molar-refractivity contribution in [3.05, 3.63) is 221 Å². The number of nitrogens with one attached hydrogen (secondary N) is 6. The van der Waals surface area contributed by atoms with Gasteiger partial charge in [0.05, 0.1) is 56.5 Å². The Balaban J connectivity index is 0.699. The molecule has 0 fully saturated rings. The van der Waals surface area contributed by atoms with Crippen LogP contribution in [0.5, 0.6) is 0 Å². The number of nitro groups is 1. The summed E-state index contributed by atoms with van der Waals surface area (Å²) < 4.78 is 122. The number of fused-ring (bicyclic) bond motifs is 5. The Bertz CT molecular complexity index is 5870. The number of benzene rings is 4. The predicted octanol–water partition coefficient (Wildman–Crippen LogP) is 5.41. The highest BCUT2D eigenvalue weighted by atomic mass is 32.2. The van der Waals surface area contributed by atoms with E-state index in [0.29, 0.717) is 63.9 Å². The van der Waals surface area contributed by atoms with Gasteiger partial charge in [-0.1, -0.05) is 134 Å². The number of carboxylic acids is 1. The Morgan fingerprint density at radius 2 is 1.38 bits per heavy atom. The molecule has 7 atom stereocenters. The van der Waals surface area contributed by atoms with Crippen molar-refractivity contribution in [1.29, 1.82) is 0 Å². The minimum atomic E-state index is -5.18. The number of aryl methyl sites for hydroxylation is 3. The molecule has 0 spiro atoms. The first kappa shape index (κ1) is 89.4. The van der Waals surface area contributed by atoms with Crippen LogP contribution in [0.1, 0.15) is 114 Å². The number of aliphatic carboxylic acids is 1. The first-order valence-corrected chi connectivity index (χ1v) is 43.4. The number of carboxylic acid groups (broad SMARTS) is 1. The van der Waals surface area contributed by atoms with Crippen LogP contribution in [0.2, 0.25) is 0 Å². The number of rotatable bonds is 37. The molecule has 12 rings (SSSR count). The van der Waals surface area contributed by atoms with Crippen LogP contribution < -0.4 is 42.6 Å². The van der Waals surface area contributed by atoms with Gasteiger partial charge in [0.15, 0.2) is 11.7 Å². The summed E-state index contributed by atoms with van der Waals surface area (Å²) in [6, 6.07) is 24.0. The third kappa shape index (κ3) is 21.3. The van der Waals surface area contributed by atoms with Crippen molar-refractivity contribution < 1.29 is 96.8 Å². The summed E-state index contributed by atoms with van der Waals surface area (Å²) >= 11 is 0. The molecule has 2 aliphatic heterocycles. The van der Waals surface area contributed by atoms with Crippen LogP contribution >= 0.6 is 0 Å². The number of para-hydroxylation sites is 2. The molecule has 0 saturated carbocycles. The van der Waals surface area contributed by atoms with Gasteiger partial charge >= 0.3 is 12.1 Å². The number of hydrazone groups is 2. The summed E-state index contributed by atoms with van der Waals surface area (Å²) in [5.74, 6) is -6.75. The largest absolute Gasteiger partial charge is 0.480 e. The van der Waals surface area contributed by atoms with E-state index in [1.54, 1.807) is 88.4 Å². The molecular weight excluding hydrogens is 1660 g/mol. The first-order chi connectivity index (χ1) is 58.5. The predicted molar refractivity (Wildman–Crippen MR) is 442 cm³/mol. The average Bonchev–Trinajstić information content (AvgIpc) is 1.34. The van der Waals surface area contributed by atoms with Gasteiger partial charge in [0.25, 0.3) is 36.0 Å². The number of nitrogens with zero attached hydrogens (tertiary/aromatic N) is 11. The van der Waals surface area contributed by atoms with Crippen LogP contribution in [-0.2, 0) is 99.4 Å². The van der Waals surface area contributed by atoms with Crippen molar-refractivity contribution in [3.8, 4) is 22.5 Å². The van der Waals surface area contributed by atoms with Crippen molar-refractivity contribution in [3.63, 3.8) is 0 Å². The van der Waals surface area contributed by atoms with Crippen molar-refractivity contribution >= 4 is 101 Å². The Hall–Kier alpha value is -12.9. The number of ether oxygens (including phenoxy) is 2. The average molecular weight is 1750 g/mol. The standard InChI is InChI=1S/C80H88N18O22S3/c1-45(2)38-58(81)76(102)85-60(78(104)86-59(77(103)83-41-68(99)84-46(3)79(105)106)24-14-16-36-94-43-50(87-92-94)28-33-67-88-90-75(48-18-6-5-7-19-48)91-97(67)80(107)120-47(4)51-21-10-13-27-62(51)98(108)109)25-15-17-37-96-74-53-23-11-12-26-61(53)95(42-49-20-8-9-22-52(49)73(74)89-93-96)70(101)34-35-82-69(100)44-119-63-39-64(121(110,111)112)55-31-32-57-66(123(116,117)118)40-65(122(113,114)115)56-30-29-54(63)71(55)72(56)57/h5-13,18-23,26-27,29-32,39-40,43,45-47,58-60,63,72H,14-17,24-25,28,33-38,41-42,44,81H2,1-4H3,(H,82,100)(H,83,103)(H,84,99)(H,85,102)(H,86,104)(H,90,91)(H,105,106)(H,110,111,112)(H,113,114,115)(H,116,117,118)/t46-,47?,58+,59-,60-,63?,72?/m0/s1. The molecule has 0 saturated heterocycles. The maximum absolute atomic E-state index is 14.8. The van der Waals surface area contributed by atoms with Gasteiger partial charge in [-0.2, -0.15) is 30.4 Å².